The smallest absolute Gasteiger partial charge is 0.137 e. The number of halogens is 1. The maximum atomic E-state index is 6.12. The normalized spacial score (nSPS) is 11.0. The van der Waals surface area contributed by atoms with Crippen molar-refractivity contribution in [1.82, 2.24) is 14.9 Å². The Labute approximate surface area is 121 Å². The predicted octanol–water partition coefficient (Wildman–Crippen LogP) is 3.23. The minimum Gasteiger partial charge on any atom is -0.370 e. The van der Waals surface area contributed by atoms with Gasteiger partial charge in [-0.05, 0) is 32.5 Å². The zero-order valence-corrected chi connectivity index (χ0v) is 13.0. The molecule has 0 unspecified atom stereocenters. The maximum absolute atomic E-state index is 6.12. The molecule has 0 amide bonds. The quantitative estimate of drug-likeness (QED) is 0.558. The van der Waals surface area contributed by atoms with Crippen LogP contribution in [0.4, 0.5) is 5.82 Å². The standard InChI is InChI=1S/C14H25ClN4/c1-4-8-12-13(15)17-11-18-14(12)16-9-7-10-19(5-2)6-3/h11H,4-10H2,1-3H3,(H,16,17,18). The van der Waals surface area contributed by atoms with E-state index in [9.17, 15) is 0 Å². The molecular weight excluding hydrogens is 260 g/mol. The van der Waals surface area contributed by atoms with E-state index in [0.717, 1.165) is 56.8 Å². The van der Waals surface area contributed by atoms with E-state index in [-0.39, 0.29) is 0 Å². The Morgan fingerprint density at radius 1 is 1.21 bits per heavy atom. The van der Waals surface area contributed by atoms with Crippen molar-refractivity contribution in [3.63, 3.8) is 0 Å². The number of anilines is 1. The van der Waals surface area contributed by atoms with Crippen LogP contribution in [0.1, 0.15) is 39.2 Å². The molecule has 19 heavy (non-hydrogen) atoms. The van der Waals surface area contributed by atoms with Crippen LogP contribution in [0, 0.1) is 0 Å². The van der Waals surface area contributed by atoms with Crippen LogP contribution < -0.4 is 5.32 Å². The molecular formula is C14H25ClN4. The Hall–Kier alpha value is -0.870. The molecule has 0 atom stereocenters. The first-order chi connectivity index (χ1) is 9.22. The van der Waals surface area contributed by atoms with Crippen molar-refractivity contribution in [2.75, 3.05) is 31.5 Å². The first kappa shape index (κ1) is 16.2. The summed E-state index contributed by atoms with van der Waals surface area (Å²) >= 11 is 6.12. The van der Waals surface area contributed by atoms with Gasteiger partial charge in [0.2, 0.25) is 0 Å². The Morgan fingerprint density at radius 3 is 2.58 bits per heavy atom. The van der Waals surface area contributed by atoms with Gasteiger partial charge in [-0.1, -0.05) is 38.8 Å². The minimum absolute atomic E-state index is 0.572. The Kier molecular flexibility index (Phi) is 7.75. The van der Waals surface area contributed by atoms with E-state index in [2.05, 4.69) is 41.0 Å². The number of aromatic nitrogens is 2. The summed E-state index contributed by atoms with van der Waals surface area (Å²) in [5.41, 5.74) is 1.04. The van der Waals surface area contributed by atoms with Crippen LogP contribution in [0.2, 0.25) is 5.15 Å². The minimum atomic E-state index is 0.572. The van der Waals surface area contributed by atoms with E-state index in [1.807, 2.05) is 0 Å². The molecule has 0 bridgehead atoms. The highest BCUT2D eigenvalue weighted by molar-refractivity contribution is 6.30. The second-order valence-corrected chi connectivity index (χ2v) is 4.91. The summed E-state index contributed by atoms with van der Waals surface area (Å²) in [7, 11) is 0. The third-order valence-corrected chi connectivity index (χ3v) is 3.56. The van der Waals surface area contributed by atoms with E-state index >= 15 is 0 Å². The second-order valence-electron chi connectivity index (χ2n) is 4.55. The number of hydrogen-bond acceptors (Lipinski definition) is 4. The molecule has 0 radical (unpaired) electrons. The highest BCUT2D eigenvalue weighted by Gasteiger charge is 2.08. The topological polar surface area (TPSA) is 41.1 Å². The summed E-state index contributed by atoms with van der Waals surface area (Å²) in [5, 5.41) is 3.95. The van der Waals surface area contributed by atoms with E-state index in [1.54, 1.807) is 0 Å². The Morgan fingerprint density at radius 2 is 1.95 bits per heavy atom. The maximum Gasteiger partial charge on any atom is 0.137 e. The van der Waals surface area contributed by atoms with E-state index < -0.39 is 0 Å². The van der Waals surface area contributed by atoms with Crippen LogP contribution in [-0.4, -0.2) is 41.0 Å². The molecule has 0 aliphatic heterocycles. The highest BCUT2D eigenvalue weighted by atomic mass is 35.5. The van der Waals surface area contributed by atoms with Crippen LogP contribution in [-0.2, 0) is 6.42 Å². The van der Waals surface area contributed by atoms with Gasteiger partial charge < -0.3 is 10.2 Å². The molecule has 1 rings (SSSR count). The highest BCUT2D eigenvalue weighted by Crippen LogP contribution is 2.21. The fourth-order valence-electron chi connectivity index (χ4n) is 2.06. The van der Waals surface area contributed by atoms with E-state index in [4.69, 9.17) is 11.6 Å². The summed E-state index contributed by atoms with van der Waals surface area (Å²) in [6, 6.07) is 0. The zero-order valence-electron chi connectivity index (χ0n) is 12.2. The Balaban J connectivity index is 2.46. The molecule has 5 heteroatoms. The molecule has 1 heterocycles. The lowest BCUT2D eigenvalue weighted by molar-refractivity contribution is 0.303. The molecule has 0 aliphatic rings. The monoisotopic (exact) mass is 284 g/mol. The van der Waals surface area contributed by atoms with Gasteiger partial charge in [-0.2, -0.15) is 0 Å². The van der Waals surface area contributed by atoms with Crippen LogP contribution in [0.5, 0.6) is 0 Å². The largest absolute Gasteiger partial charge is 0.370 e. The van der Waals surface area contributed by atoms with Crippen molar-refractivity contribution in [2.24, 2.45) is 0 Å². The van der Waals surface area contributed by atoms with Crippen LogP contribution in [0.3, 0.4) is 0 Å². The molecule has 4 nitrogen and oxygen atoms in total. The first-order valence-electron chi connectivity index (χ1n) is 7.18. The molecule has 0 spiro atoms. The lowest BCUT2D eigenvalue weighted by Crippen LogP contribution is -2.25. The Bertz CT molecular complexity index is 366. The molecule has 1 aromatic rings. The average molecular weight is 285 g/mol. The molecule has 0 aromatic carbocycles. The van der Waals surface area contributed by atoms with Gasteiger partial charge in [-0.3, -0.25) is 0 Å². The summed E-state index contributed by atoms with van der Waals surface area (Å²) in [6.07, 6.45) is 4.59. The fourth-order valence-corrected chi connectivity index (χ4v) is 2.29. The first-order valence-corrected chi connectivity index (χ1v) is 7.56. The third kappa shape index (κ3) is 5.33. The zero-order chi connectivity index (χ0) is 14.1. The molecule has 1 N–H and O–H groups in total. The molecule has 0 aliphatic carbocycles. The molecule has 108 valence electrons. The molecule has 0 saturated carbocycles. The van der Waals surface area contributed by atoms with Gasteiger partial charge in [-0.15, -0.1) is 0 Å². The van der Waals surface area contributed by atoms with Gasteiger partial charge in [0.1, 0.15) is 17.3 Å². The summed E-state index contributed by atoms with van der Waals surface area (Å²) in [5.74, 6) is 0.890. The van der Waals surface area contributed by atoms with Gasteiger partial charge in [0, 0.05) is 12.1 Å². The van der Waals surface area contributed by atoms with Crippen molar-refractivity contribution in [2.45, 2.75) is 40.0 Å². The average Bonchev–Trinajstić information content (AvgIpc) is 2.42. The molecule has 0 fully saturated rings. The summed E-state index contributed by atoms with van der Waals surface area (Å²) in [4.78, 5) is 10.8. The fraction of sp³-hybridized carbons (Fsp3) is 0.714. The van der Waals surface area contributed by atoms with Crippen molar-refractivity contribution in [3.8, 4) is 0 Å². The van der Waals surface area contributed by atoms with Crippen LogP contribution in [0.25, 0.3) is 0 Å². The lowest BCUT2D eigenvalue weighted by Gasteiger charge is -2.18. The summed E-state index contributed by atoms with van der Waals surface area (Å²) in [6.45, 7) is 10.8. The van der Waals surface area contributed by atoms with E-state index in [0.29, 0.717) is 5.15 Å². The van der Waals surface area contributed by atoms with Gasteiger partial charge in [0.05, 0.1) is 0 Å². The molecule has 1 aromatic heterocycles. The van der Waals surface area contributed by atoms with Gasteiger partial charge in [-0.25, -0.2) is 9.97 Å². The van der Waals surface area contributed by atoms with Crippen molar-refractivity contribution < 1.29 is 0 Å². The second kappa shape index (κ2) is 9.10. The third-order valence-electron chi connectivity index (χ3n) is 3.23. The van der Waals surface area contributed by atoms with Crippen LogP contribution in [0.15, 0.2) is 6.33 Å². The van der Waals surface area contributed by atoms with Gasteiger partial charge >= 0.3 is 0 Å². The SMILES string of the molecule is CCCc1c(Cl)ncnc1NCCCN(CC)CC. The lowest BCUT2D eigenvalue weighted by atomic mass is 10.2. The van der Waals surface area contributed by atoms with Gasteiger partial charge in [0.25, 0.3) is 0 Å². The van der Waals surface area contributed by atoms with Crippen molar-refractivity contribution >= 4 is 17.4 Å². The number of rotatable bonds is 9. The number of nitrogens with zero attached hydrogens (tertiary/aromatic N) is 3. The van der Waals surface area contributed by atoms with Crippen LogP contribution >= 0.6 is 11.6 Å². The summed E-state index contributed by atoms with van der Waals surface area (Å²) < 4.78 is 0. The molecule has 0 saturated heterocycles. The predicted molar refractivity (Wildman–Crippen MR) is 81.9 cm³/mol. The number of nitrogens with one attached hydrogen (secondary N) is 1. The van der Waals surface area contributed by atoms with Crippen molar-refractivity contribution in [1.29, 1.82) is 0 Å². The number of hydrogen-bond donors (Lipinski definition) is 1. The van der Waals surface area contributed by atoms with Gasteiger partial charge in [0.15, 0.2) is 0 Å². The van der Waals surface area contributed by atoms with Crippen molar-refractivity contribution in [3.05, 3.63) is 17.0 Å². The van der Waals surface area contributed by atoms with E-state index in [1.165, 1.54) is 6.33 Å².